The summed E-state index contributed by atoms with van der Waals surface area (Å²) in [5.41, 5.74) is 10.6. The lowest BCUT2D eigenvalue weighted by molar-refractivity contribution is 0.567. The van der Waals surface area contributed by atoms with Crippen LogP contribution in [0.15, 0.2) is 54.6 Å². The van der Waals surface area contributed by atoms with Crippen molar-refractivity contribution in [1.29, 1.82) is 0 Å². The first-order chi connectivity index (χ1) is 9.25. The van der Waals surface area contributed by atoms with Crippen molar-refractivity contribution in [3.63, 3.8) is 0 Å². The third-order valence-electron chi connectivity index (χ3n) is 4.02. The molecule has 1 fully saturated rings. The standard InChI is InChI=1S/C17H20N2/c1-12-17(13(2)19-18-12)16-10-8-15(9-11-16)14-6-4-3-5-7-14/h3-13,17-19H,1-2H3. The van der Waals surface area contributed by atoms with E-state index in [4.69, 9.17) is 0 Å². The fourth-order valence-corrected chi connectivity index (χ4v) is 2.98. The summed E-state index contributed by atoms with van der Waals surface area (Å²) in [5.74, 6) is 0.532. The minimum absolute atomic E-state index is 0.470. The van der Waals surface area contributed by atoms with Gasteiger partial charge in [0, 0.05) is 18.0 Å². The largest absolute Gasteiger partial charge is 0.254 e. The van der Waals surface area contributed by atoms with Gasteiger partial charge in [-0.2, -0.15) is 0 Å². The highest BCUT2D eigenvalue weighted by molar-refractivity contribution is 5.63. The van der Waals surface area contributed by atoms with Crippen LogP contribution in [0, 0.1) is 0 Å². The molecule has 2 nitrogen and oxygen atoms in total. The van der Waals surface area contributed by atoms with Crippen LogP contribution in [0.1, 0.15) is 25.3 Å². The van der Waals surface area contributed by atoms with Gasteiger partial charge in [-0.25, -0.2) is 0 Å². The first-order valence-corrected chi connectivity index (χ1v) is 6.92. The summed E-state index contributed by atoms with van der Waals surface area (Å²) in [7, 11) is 0. The van der Waals surface area contributed by atoms with E-state index in [2.05, 4.69) is 79.3 Å². The van der Waals surface area contributed by atoms with Gasteiger partial charge in [-0.3, -0.25) is 10.9 Å². The maximum Gasteiger partial charge on any atom is 0.0268 e. The Morgan fingerprint density at radius 3 is 1.79 bits per heavy atom. The Morgan fingerprint density at radius 1 is 0.684 bits per heavy atom. The number of benzene rings is 2. The lowest BCUT2D eigenvalue weighted by atomic mass is 9.88. The summed E-state index contributed by atoms with van der Waals surface area (Å²) in [6.07, 6.45) is 0. The zero-order chi connectivity index (χ0) is 13.2. The third-order valence-corrected chi connectivity index (χ3v) is 4.02. The van der Waals surface area contributed by atoms with Crippen molar-refractivity contribution in [1.82, 2.24) is 10.9 Å². The Labute approximate surface area is 114 Å². The maximum atomic E-state index is 3.31. The molecule has 2 N–H and O–H groups in total. The molecule has 0 saturated carbocycles. The summed E-state index contributed by atoms with van der Waals surface area (Å²) in [4.78, 5) is 0. The fraction of sp³-hybridized carbons (Fsp3) is 0.294. The van der Waals surface area contributed by atoms with Gasteiger partial charge in [0.05, 0.1) is 0 Å². The molecule has 2 aromatic carbocycles. The molecular formula is C17H20N2. The van der Waals surface area contributed by atoms with Crippen molar-refractivity contribution >= 4 is 0 Å². The molecule has 0 bridgehead atoms. The molecule has 2 heteroatoms. The van der Waals surface area contributed by atoms with E-state index in [1.165, 1.54) is 16.7 Å². The highest BCUT2D eigenvalue weighted by atomic mass is 15.4. The van der Waals surface area contributed by atoms with Crippen LogP contribution in [0.4, 0.5) is 0 Å². The summed E-state index contributed by atoms with van der Waals surface area (Å²) in [5, 5.41) is 0. The highest BCUT2D eigenvalue weighted by Gasteiger charge is 2.30. The monoisotopic (exact) mass is 252 g/mol. The van der Waals surface area contributed by atoms with Crippen molar-refractivity contribution in [2.24, 2.45) is 0 Å². The fourth-order valence-electron chi connectivity index (χ4n) is 2.98. The quantitative estimate of drug-likeness (QED) is 0.856. The summed E-state index contributed by atoms with van der Waals surface area (Å²) >= 11 is 0. The summed E-state index contributed by atoms with van der Waals surface area (Å²) < 4.78 is 0. The van der Waals surface area contributed by atoms with Gasteiger partial charge in [-0.15, -0.1) is 0 Å². The number of hydrogen-bond donors (Lipinski definition) is 2. The van der Waals surface area contributed by atoms with Gasteiger partial charge >= 0.3 is 0 Å². The molecule has 3 rings (SSSR count). The van der Waals surface area contributed by atoms with Gasteiger partial charge < -0.3 is 0 Å². The average molecular weight is 252 g/mol. The summed E-state index contributed by atoms with van der Waals surface area (Å²) in [6.45, 7) is 4.46. The topological polar surface area (TPSA) is 24.1 Å². The lowest BCUT2D eigenvalue weighted by Crippen LogP contribution is -2.30. The Hall–Kier alpha value is -1.64. The van der Waals surface area contributed by atoms with Gasteiger partial charge in [-0.05, 0) is 30.5 Å². The SMILES string of the molecule is CC1NNC(C)C1c1ccc(-c2ccccc2)cc1. The minimum Gasteiger partial charge on any atom is -0.254 e. The molecule has 0 amide bonds. The van der Waals surface area contributed by atoms with Crippen LogP contribution in [0.2, 0.25) is 0 Å². The number of hydrogen-bond acceptors (Lipinski definition) is 2. The maximum absolute atomic E-state index is 3.31. The van der Waals surface area contributed by atoms with E-state index in [0.717, 1.165) is 0 Å². The van der Waals surface area contributed by atoms with Crippen molar-refractivity contribution in [3.05, 3.63) is 60.2 Å². The van der Waals surface area contributed by atoms with Crippen LogP contribution < -0.4 is 10.9 Å². The minimum atomic E-state index is 0.470. The Kier molecular flexibility index (Phi) is 3.36. The van der Waals surface area contributed by atoms with Crippen LogP contribution in [0.5, 0.6) is 0 Å². The van der Waals surface area contributed by atoms with Crippen LogP contribution in [0.25, 0.3) is 11.1 Å². The summed E-state index contributed by atoms with van der Waals surface area (Å²) in [6, 6.07) is 20.4. The zero-order valence-electron chi connectivity index (χ0n) is 11.4. The lowest BCUT2D eigenvalue weighted by Gasteiger charge is -2.18. The molecule has 2 aromatic rings. The normalized spacial score (nSPS) is 26.5. The second kappa shape index (κ2) is 5.16. The number of rotatable bonds is 2. The Bertz CT molecular complexity index is 523. The van der Waals surface area contributed by atoms with Crippen LogP contribution >= 0.6 is 0 Å². The third kappa shape index (κ3) is 2.42. The van der Waals surface area contributed by atoms with Crippen molar-refractivity contribution in [3.8, 4) is 11.1 Å². The van der Waals surface area contributed by atoms with Crippen LogP contribution in [-0.4, -0.2) is 12.1 Å². The number of nitrogens with one attached hydrogen (secondary N) is 2. The molecule has 2 unspecified atom stereocenters. The molecular weight excluding hydrogens is 232 g/mol. The van der Waals surface area contributed by atoms with Gasteiger partial charge in [0.2, 0.25) is 0 Å². The van der Waals surface area contributed by atoms with Crippen molar-refractivity contribution in [2.45, 2.75) is 31.8 Å². The molecule has 2 atom stereocenters. The molecule has 19 heavy (non-hydrogen) atoms. The molecule has 98 valence electrons. The molecule has 1 heterocycles. The first-order valence-electron chi connectivity index (χ1n) is 6.92. The molecule has 1 aliphatic heterocycles. The van der Waals surface area contributed by atoms with E-state index in [0.29, 0.717) is 18.0 Å². The van der Waals surface area contributed by atoms with E-state index >= 15 is 0 Å². The van der Waals surface area contributed by atoms with Gasteiger partial charge in [0.15, 0.2) is 0 Å². The average Bonchev–Trinajstić information content (AvgIpc) is 2.79. The van der Waals surface area contributed by atoms with Crippen molar-refractivity contribution in [2.75, 3.05) is 0 Å². The number of hydrazine groups is 1. The highest BCUT2D eigenvalue weighted by Crippen LogP contribution is 2.29. The zero-order valence-corrected chi connectivity index (χ0v) is 11.4. The Balaban J connectivity index is 1.87. The molecule has 1 aliphatic rings. The predicted molar refractivity (Wildman–Crippen MR) is 79.8 cm³/mol. The second-order valence-corrected chi connectivity index (χ2v) is 5.38. The molecule has 1 saturated heterocycles. The molecule has 0 radical (unpaired) electrons. The smallest absolute Gasteiger partial charge is 0.0268 e. The van der Waals surface area contributed by atoms with Crippen LogP contribution in [-0.2, 0) is 0 Å². The second-order valence-electron chi connectivity index (χ2n) is 5.38. The molecule has 0 spiro atoms. The first kappa shape index (κ1) is 12.4. The van der Waals surface area contributed by atoms with E-state index < -0.39 is 0 Å². The van der Waals surface area contributed by atoms with E-state index in [9.17, 15) is 0 Å². The molecule has 0 aromatic heterocycles. The van der Waals surface area contributed by atoms with E-state index in [-0.39, 0.29) is 0 Å². The van der Waals surface area contributed by atoms with E-state index in [1.54, 1.807) is 0 Å². The van der Waals surface area contributed by atoms with Gasteiger partial charge in [0.25, 0.3) is 0 Å². The molecule has 0 aliphatic carbocycles. The van der Waals surface area contributed by atoms with Gasteiger partial charge in [0.1, 0.15) is 0 Å². The van der Waals surface area contributed by atoms with Gasteiger partial charge in [-0.1, -0.05) is 54.6 Å². The van der Waals surface area contributed by atoms with Crippen molar-refractivity contribution < 1.29 is 0 Å². The Morgan fingerprint density at radius 2 is 1.21 bits per heavy atom. The van der Waals surface area contributed by atoms with Crippen LogP contribution in [0.3, 0.4) is 0 Å². The predicted octanol–water partition coefficient (Wildman–Crippen LogP) is 3.32. The van der Waals surface area contributed by atoms with E-state index in [1.807, 2.05) is 0 Å².